The molecular weight excluding hydrogens is 502 g/mol. The van der Waals surface area contributed by atoms with E-state index in [1.807, 2.05) is 0 Å². The number of aliphatic hydroxyl groups is 3. The Labute approximate surface area is 239 Å². The minimum absolute atomic E-state index is 0.161. The Morgan fingerprint density at radius 3 is 2.72 bits per heavy atom. The molecule has 4 aliphatic carbocycles. The van der Waals surface area contributed by atoms with Gasteiger partial charge in [-0.15, -0.1) is 11.3 Å². The van der Waals surface area contributed by atoms with E-state index >= 15 is 0 Å². The summed E-state index contributed by atoms with van der Waals surface area (Å²) in [5.41, 5.74) is 4.58. The van der Waals surface area contributed by atoms with E-state index in [2.05, 4.69) is 57.0 Å². The predicted octanol–water partition coefficient (Wildman–Crippen LogP) is 7.21. The average Bonchev–Trinajstić information content (AvgIpc) is 3.44. The fraction of sp³-hybridized carbons (Fsp3) is 0.676. The number of allylic oxidation sites excluding steroid dienone is 4. The molecule has 0 radical (unpaired) electrons. The molecule has 1 aromatic rings. The summed E-state index contributed by atoms with van der Waals surface area (Å²) < 4.78 is 0. The summed E-state index contributed by atoms with van der Waals surface area (Å²) in [6.45, 7) is 11.2. The zero-order valence-corrected chi connectivity index (χ0v) is 25.1. The maximum Gasteiger partial charge on any atom is 0.102 e. The highest BCUT2D eigenvalue weighted by Gasteiger charge is 2.53. The molecule has 5 heteroatoms. The van der Waals surface area contributed by atoms with Crippen LogP contribution in [0.1, 0.15) is 102 Å². The van der Waals surface area contributed by atoms with Crippen molar-refractivity contribution in [1.29, 1.82) is 0 Å². The Bertz CT molecular complexity index is 1130. The van der Waals surface area contributed by atoms with Crippen molar-refractivity contribution in [1.82, 2.24) is 4.98 Å². The molecule has 0 spiro atoms. The second kappa shape index (κ2) is 11.8. The normalized spacial score (nSPS) is 36.0. The van der Waals surface area contributed by atoms with Gasteiger partial charge in [0.05, 0.1) is 29.4 Å². The third-order valence-corrected chi connectivity index (χ3v) is 11.8. The summed E-state index contributed by atoms with van der Waals surface area (Å²) in [7, 11) is 0. The molecule has 4 saturated carbocycles. The van der Waals surface area contributed by atoms with E-state index in [4.69, 9.17) is 4.98 Å². The van der Waals surface area contributed by atoms with Gasteiger partial charge in [0.25, 0.3) is 0 Å². The van der Waals surface area contributed by atoms with E-state index < -0.39 is 18.3 Å². The van der Waals surface area contributed by atoms with Crippen LogP contribution in [0.25, 0.3) is 0 Å². The van der Waals surface area contributed by atoms with Crippen molar-refractivity contribution < 1.29 is 15.3 Å². The van der Waals surface area contributed by atoms with Crippen LogP contribution in [-0.4, -0.2) is 38.6 Å². The highest BCUT2D eigenvalue weighted by Crippen LogP contribution is 2.60. The summed E-state index contributed by atoms with van der Waals surface area (Å²) in [6, 6.07) is 0. The van der Waals surface area contributed by atoms with Crippen molar-refractivity contribution in [2.75, 3.05) is 0 Å². The maximum absolute atomic E-state index is 11.3. The van der Waals surface area contributed by atoms with Crippen molar-refractivity contribution in [3.63, 3.8) is 0 Å². The SMILES string of the molecule is C=C1C(=CC=C2CCC[C@]3(C)[C@@H]([C@@H](C)C=C[C@@H](O)C4(c5nc(CCCC)cs5)CC4)CC[C@@H]23)C[C@@H](O)C[C@@H]1O. The van der Waals surface area contributed by atoms with Crippen molar-refractivity contribution in [2.24, 2.45) is 23.2 Å². The van der Waals surface area contributed by atoms with Gasteiger partial charge in [-0.2, -0.15) is 0 Å². The predicted molar refractivity (Wildman–Crippen MR) is 161 cm³/mol. The Morgan fingerprint density at radius 2 is 1.97 bits per heavy atom. The fourth-order valence-corrected chi connectivity index (χ4v) is 9.13. The molecule has 0 saturated heterocycles. The number of rotatable bonds is 9. The van der Waals surface area contributed by atoms with Gasteiger partial charge < -0.3 is 15.3 Å². The molecule has 214 valence electrons. The van der Waals surface area contributed by atoms with Gasteiger partial charge in [-0.3, -0.25) is 0 Å². The minimum atomic E-state index is -0.637. The van der Waals surface area contributed by atoms with Crippen molar-refractivity contribution >= 4 is 11.3 Å². The number of unbranched alkanes of at least 4 members (excludes halogenated alkanes) is 1. The first kappa shape index (κ1) is 29.0. The first-order valence-electron chi connectivity index (χ1n) is 15.4. The van der Waals surface area contributed by atoms with E-state index in [0.717, 1.165) is 41.8 Å². The van der Waals surface area contributed by atoms with Crippen LogP contribution in [0.4, 0.5) is 0 Å². The van der Waals surface area contributed by atoms with Crippen molar-refractivity contribution in [3.8, 4) is 0 Å². The first-order chi connectivity index (χ1) is 18.7. The molecule has 4 nitrogen and oxygen atoms in total. The molecule has 39 heavy (non-hydrogen) atoms. The lowest BCUT2D eigenvalue weighted by molar-refractivity contribution is 0.0862. The van der Waals surface area contributed by atoms with E-state index in [1.54, 1.807) is 11.3 Å². The van der Waals surface area contributed by atoms with Gasteiger partial charge in [0.1, 0.15) is 5.01 Å². The van der Waals surface area contributed by atoms with Crippen LogP contribution in [0.5, 0.6) is 0 Å². The van der Waals surface area contributed by atoms with Gasteiger partial charge in [-0.25, -0.2) is 4.98 Å². The number of aliphatic hydroxyl groups excluding tert-OH is 3. The Hall–Kier alpha value is -1.53. The highest BCUT2D eigenvalue weighted by molar-refractivity contribution is 7.09. The quantitative estimate of drug-likeness (QED) is 0.284. The van der Waals surface area contributed by atoms with Crippen LogP contribution in [0.15, 0.2) is 53.0 Å². The number of hydrogen-bond donors (Lipinski definition) is 3. The van der Waals surface area contributed by atoms with Gasteiger partial charge in [0, 0.05) is 11.8 Å². The lowest BCUT2D eigenvalue weighted by Gasteiger charge is -2.44. The number of fused-ring (bicyclic) bond motifs is 1. The van der Waals surface area contributed by atoms with Crippen LogP contribution < -0.4 is 0 Å². The molecule has 0 aliphatic heterocycles. The van der Waals surface area contributed by atoms with Gasteiger partial charge in [0.15, 0.2) is 0 Å². The third-order valence-electron chi connectivity index (χ3n) is 10.7. The lowest BCUT2D eigenvalue weighted by atomic mass is 9.61. The van der Waals surface area contributed by atoms with Crippen LogP contribution in [0.3, 0.4) is 0 Å². The minimum Gasteiger partial charge on any atom is -0.393 e. The highest BCUT2D eigenvalue weighted by atomic mass is 32.1. The van der Waals surface area contributed by atoms with Crippen LogP contribution in [0, 0.1) is 23.2 Å². The van der Waals surface area contributed by atoms with Gasteiger partial charge >= 0.3 is 0 Å². The molecule has 4 aliphatic rings. The number of nitrogens with zero attached hydrogens (tertiary/aromatic N) is 1. The topological polar surface area (TPSA) is 73.6 Å². The van der Waals surface area contributed by atoms with Gasteiger partial charge in [-0.05, 0) is 98.5 Å². The number of thiazole rings is 1. The Morgan fingerprint density at radius 1 is 1.18 bits per heavy atom. The van der Waals surface area contributed by atoms with Crippen LogP contribution >= 0.6 is 11.3 Å². The summed E-state index contributed by atoms with van der Waals surface area (Å²) >= 11 is 1.74. The smallest absolute Gasteiger partial charge is 0.102 e. The molecule has 3 N–H and O–H groups in total. The van der Waals surface area contributed by atoms with E-state index in [0.29, 0.717) is 30.6 Å². The molecule has 7 atom stereocenters. The van der Waals surface area contributed by atoms with Crippen molar-refractivity contribution in [3.05, 3.63) is 63.7 Å². The molecule has 0 bridgehead atoms. The zero-order chi connectivity index (χ0) is 27.8. The fourth-order valence-electron chi connectivity index (χ4n) is 7.99. The van der Waals surface area contributed by atoms with E-state index in [1.165, 1.54) is 49.8 Å². The summed E-state index contributed by atoms with van der Waals surface area (Å²) in [6.07, 6.45) is 19.7. The second-order valence-corrected chi connectivity index (χ2v) is 14.1. The average molecular weight is 552 g/mol. The summed E-state index contributed by atoms with van der Waals surface area (Å²) in [5, 5.41) is 35.0. The number of hydrogen-bond acceptors (Lipinski definition) is 5. The molecule has 0 amide bonds. The van der Waals surface area contributed by atoms with Gasteiger partial charge in [-0.1, -0.05) is 63.6 Å². The van der Waals surface area contributed by atoms with E-state index in [9.17, 15) is 15.3 Å². The Balaban J connectivity index is 1.26. The van der Waals surface area contributed by atoms with E-state index in [-0.39, 0.29) is 10.8 Å². The molecule has 0 unspecified atom stereocenters. The molecule has 0 aromatic carbocycles. The zero-order valence-electron chi connectivity index (χ0n) is 24.2. The van der Waals surface area contributed by atoms with Crippen LogP contribution in [0.2, 0.25) is 0 Å². The maximum atomic E-state index is 11.3. The first-order valence-corrected chi connectivity index (χ1v) is 16.3. The molecule has 1 aromatic heterocycles. The lowest BCUT2D eigenvalue weighted by Crippen LogP contribution is -2.35. The molecular formula is C34H49NO3S. The van der Waals surface area contributed by atoms with Gasteiger partial charge in [0.2, 0.25) is 0 Å². The second-order valence-electron chi connectivity index (χ2n) is 13.3. The summed E-state index contributed by atoms with van der Waals surface area (Å²) in [4.78, 5) is 4.93. The van der Waals surface area contributed by atoms with Crippen LogP contribution in [-0.2, 0) is 11.8 Å². The monoisotopic (exact) mass is 551 g/mol. The molecule has 5 rings (SSSR count). The standard InChI is InChI=1S/C34H49NO3S/c1-5-6-9-26-21-39-32(35-26)34(17-18-34)31(38)15-10-22(2)28-13-14-29-24(8-7-16-33(28,29)4)11-12-25-19-27(36)20-30(37)23(25)3/h10-12,15,21-22,27-31,36-38H,3,5-9,13-14,16-20H2,1-2,4H3/t22-,27+,28+,29-,30-,31+,33+/m0/s1. The molecule has 1 heterocycles. The summed E-state index contributed by atoms with van der Waals surface area (Å²) in [5.74, 6) is 1.60. The number of aromatic nitrogens is 1. The Kier molecular flexibility index (Phi) is 8.74. The third kappa shape index (κ3) is 5.80. The molecule has 4 fully saturated rings. The number of aryl methyl sites for hydroxylation is 1. The van der Waals surface area contributed by atoms with Crippen molar-refractivity contribution in [2.45, 2.75) is 122 Å². The largest absolute Gasteiger partial charge is 0.393 e.